The normalized spacial score (nSPS) is 13.1. The van der Waals surface area contributed by atoms with E-state index in [1.807, 2.05) is 13.8 Å². The van der Waals surface area contributed by atoms with Gasteiger partial charge in [-0.15, -0.1) is 0 Å². The van der Waals surface area contributed by atoms with E-state index in [0.29, 0.717) is 18.2 Å². The highest BCUT2D eigenvalue weighted by molar-refractivity contribution is 5.67. The molecule has 1 aromatic heterocycles. The predicted octanol–water partition coefficient (Wildman–Crippen LogP) is 1.05. The molecule has 0 aliphatic rings. The zero-order valence-corrected chi connectivity index (χ0v) is 8.92. The van der Waals surface area contributed by atoms with Crippen molar-refractivity contribution in [3.63, 3.8) is 0 Å². The van der Waals surface area contributed by atoms with Crippen molar-refractivity contribution in [2.24, 2.45) is 5.92 Å². The van der Waals surface area contributed by atoms with E-state index in [2.05, 4.69) is 5.10 Å². The van der Waals surface area contributed by atoms with Crippen LogP contribution in [0.3, 0.4) is 0 Å². The van der Waals surface area contributed by atoms with Gasteiger partial charge in [-0.2, -0.15) is 5.10 Å². The van der Waals surface area contributed by atoms with Gasteiger partial charge >= 0.3 is 5.97 Å². The molecule has 0 spiro atoms. The van der Waals surface area contributed by atoms with Gasteiger partial charge in [-0.1, -0.05) is 13.8 Å². The van der Waals surface area contributed by atoms with Gasteiger partial charge in [-0.3, -0.25) is 9.48 Å². The van der Waals surface area contributed by atoms with Gasteiger partial charge < -0.3 is 10.2 Å². The molecule has 84 valence electrons. The number of aliphatic carboxylic acids is 1. The number of carboxylic acid groups (broad SMARTS) is 1. The van der Waals surface area contributed by atoms with Gasteiger partial charge in [0.2, 0.25) is 0 Å². The van der Waals surface area contributed by atoms with Crippen molar-refractivity contribution in [1.29, 1.82) is 0 Å². The summed E-state index contributed by atoms with van der Waals surface area (Å²) >= 11 is 0. The molecule has 1 rings (SSSR count). The van der Waals surface area contributed by atoms with E-state index in [-0.39, 0.29) is 6.42 Å². The van der Waals surface area contributed by atoms with E-state index in [1.54, 1.807) is 16.9 Å². The number of hydrogen-bond acceptors (Lipinski definition) is 3. The zero-order valence-electron chi connectivity index (χ0n) is 8.92. The molecule has 0 amide bonds. The number of aliphatic hydroxyl groups is 1. The molecule has 0 saturated carbocycles. The molecule has 0 unspecified atom stereocenters. The van der Waals surface area contributed by atoms with Crippen molar-refractivity contribution < 1.29 is 15.0 Å². The van der Waals surface area contributed by atoms with Gasteiger partial charge in [-0.25, -0.2) is 0 Å². The maximum atomic E-state index is 10.4. The first-order valence-electron chi connectivity index (χ1n) is 4.92. The van der Waals surface area contributed by atoms with E-state index in [0.717, 1.165) is 0 Å². The maximum absolute atomic E-state index is 10.4. The molecule has 5 nitrogen and oxygen atoms in total. The van der Waals surface area contributed by atoms with Crippen molar-refractivity contribution in [3.05, 3.63) is 18.0 Å². The fourth-order valence-corrected chi connectivity index (χ4v) is 1.39. The Hall–Kier alpha value is -1.36. The molecule has 0 fully saturated rings. The van der Waals surface area contributed by atoms with E-state index in [1.165, 1.54) is 0 Å². The Morgan fingerprint density at radius 1 is 1.60 bits per heavy atom. The molecule has 0 saturated heterocycles. The Bertz CT molecular complexity index is 333. The second-order valence-corrected chi connectivity index (χ2v) is 3.95. The van der Waals surface area contributed by atoms with Crippen molar-refractivity contribution in [2.75, 3.05) is 0 Å². The van der Waals surface area contributed by atoms with Crippen molar-refractivity contribution in [3.8, 4) is 0 Å². The summed E-state index contributed by atoms with van der Waals surface area (Å²) in [5.41, 5.74) is 0.561. The topological polar surface area (TPSA) is 75.3 Å². The van der Waals surface area contributed by atoms with Crippen molar-refractivity contribution in [2.45, 2.75) is 32.9 Å². The summed E-state index contributed by atoms with van der Waals surface area (Å²) in [6.07, 6.45) is 0.302. The lowest BCUT2D eigenvalue weighted by atomic mass is 10.1. The van der Waals surface area contributed by atoms with Crippen LogP contribution in [-0.2, 0) is 11.3 Å². The Morgan fingerprint density at radius 2 is 2.27 bits per heavy atom. The molecule has 1 aromatic rings. The number of aromatic nitrogens is 2. The fourth-order valence-electron chi connectivity index (χ4n) is 1.39. The number of nitrogens with zero attached hydrogens (tertiary/aromatic N) is 2. The van der Waals surface area contributed by atoms with Gasteiger partial charge in [0.15, 0.2) is 0 Å². The van der Waals surface area contributed by atoms with Crippen LogP contribution in [0.5, 0.6) is 0 Å². The molecule has 0 radical (unpaired) electrons. The molecule has 5 heteroatoms. The van der Waals surface area contributed by atoms with Crippen molar-refractivity contribution in [1.82, 2.24) is 9.78 Å². The summed E-state index contributed by atoms with van der Waals surface area (Å²) < 4.78 is 1.65. The fraction of sp³-hybridized carbons (Fsp3) is 0.600. The van der Waals surface area contributed by atoms with Crippen LogP contribution in [0.2, 0.25) is 0 Å². The highest BCUT2D eigenvalue weighted by Gasteiger charge is 2.16. The average Bonchev–Trinajstić information content (AvgIpc) is 2.49. The first kappa shape index (κ1) is 11.7. The minimum absolute atomic E-state index is 0.288. The van der Waals surface area contributed by atoms with E-state index in [4.69, 9.17) is 5.11 Å². The lowest BCUT2D eigenvalue weighted by Crippen LogP contribution is -2.14. The van der Waals surface area contributed by atoms with Crippen LogP contribution >= 0.6 is 0 Å². The molecule has 1 atom stereocenters. The summed E-state index contributed by atoms with van der Waals surface area (Å²) in [6.45, 7) is 4.75. The quantitative estimate of drug-likeness (QED) is 0.764. The minimum atomic E-state index is -1.01. The number of rotatable bonds is 5. The number of hydrogen-bond donors (Lipinski definition) is 2. The summed E-state index contributed by atoms with van der Waals surface area (Å²) in [4.78, 5) is 10.4. The van der Waals surface area contributed by atoms with Crippen molar-refractivity contribution >= 4 is 5.97 Å². The smallest absolute Gasteiger partial charge is 0.306 e. The van der Waals surface area contributed by atoms with Gasteiger partial charge in [-0.05, 0) is 12.0 Å². The van der Waals surface area contributed by atoms with Crippen LogP contribution in [0.15, 0.2) is 12.3 Å². The van der Waals surface area contributed by atoms with Gasteiger partial charge in [0.25, 0.3) is 0 Å². The lowest BCUT2D eigenvalue weighted by molar-refractivity contribution is -0.139. The van der Waals surface area contributed by atoms with Crippen LogP contribution < -0.4 is 0 Å². The molecule has 0 aromatic carbocycles. The van der Waals surface area contributed by atoms with Crippen LogP contribution in [0.1, 0.15) is 32.1 Å². The SMILES string of the molecule is CC(C)Cn1nccc1[C@H](O)CC(=O)O. The molecule has 1 heterocycles. The highest BCUT2D eigenvalue weighted by atomic mass is 16.4. The van der Waals surface area contributed by atoms with Crippen LogP contribution in [-0.4, -0.2) is 26.0 Å². The molecular formula is C10H16N2O3. The first-order valence-corrected chi connectivity index (χ1v) is 4.92. The number of aliphatic hydroxyl groups excluding tert-OH is 1. The predicted molar refractivity (Wildman–Crippen MR) is 54.3 cm³/mol. The third kappa shape index (κ3) is 3.36. The monoisotopic (exact) mass is 212 g/mol. The zero-order chi connectivity index (χ0) is 11.4. The standard InChI is InChI=1S/C10H16N2O3/c1-7(2)6-12-8(3-4-11-12)9(13)5-10(14)15/h3-4,7,9,13H,5-6H2,1-2H3,(H,14,15)/t9-/m1/s1. The second-order valence-electron chi connectivity index (χ2n) is 3.95. The van der Waals surface area contributed by atoms with Gasteiger partial charge in [0.1, 0.15) is 6.10 Å². The Balaban J connectivity index is 2.75. The average molecular weight is 212 g/mol. The maximum Gasteiger partial charge on any atom is 0.306 e. The van der Waals surface area contributed by atoms with Crippen LogP contribution in [0.4, 0.5) is 0 Å². The van der Waals surface area contributed by atoms with Gasteiger partial charge in [0.05, 0.1) is 12.1 Å². The van der Waals surface area contributed by atoms with Crippen LogP contribution in [0, 0.1) is 5.92 Å². The lowest BCUT2D eigenvalue weighted by Gasteiger charge is -2.13. The third-order valence-corrected chi connectivity index (χ3v) is 2.00. The molecule has 2 N–H and O–H groups in total. The summed E-state index contributed by atoms with van der Waals surface area (Å²) in [5, 5.41) is 22.2. The summed E-state index contributed by atoms with van der Waals surface area (Å²) in [7, 11) is 0. The molecular weight excluding hydrogens is 196 g/mol. The highest BCUT2D eigenvalue weighted by Crippen LogP contribution is 2.16. The minimum Gasteiger partial charge on any atom is -0.481 e. The van der Waals surface area contributed by atoms with E-state index < -0.39 is 12.1 Å². The Morgan fingerprint density at radius 3 is 2.80 bits per heavy atom. The molecule has 0 aliphatic heterocycles. The molecule has 15 heavy (non-hydrogen) atoms. The number of carbonyl (C=O) groups is 1. The molecule has 0 aliphatic carbocycles. The first-order chi connectivity index (χ1) is 7.00. The Kier molecular flexibility index (Phi) is 3.85. The largest absolute Gasteiger partial charge is 0.481 e. The Labute approximate surface area is 88.3 Å². The van der Waals surface area contributed by atoms with E-state index in [9.17, 15) is 9.90 Å². The summed E-state index contributed by atoms with van der Waals surface area (Å²) in [5.74, 6) is -0.611. The van der Waals surface area contributed by atoms with Crippen LogP contribution in [0.25, 0.3) is 0 Å². The molecule has 0 bridgehead atoms. The van der Waals surface area contributed by atoms with E-state index >= 15 is 0 Å². The number of carboxylic acids is 1. The van der Waals surface area contributed by atoms with Gasteiger partial charge in [0, 0.05) is 12.7 Å². The third-order valence-electron chi connectivity index (χ3n) is 2.00. The second kappa shape index (κ2) is 4.93. The summed E-state index contributed by atoms with van der Waals surface area (Å²) in [6, 6.07) is 1.65.